The average molecular weight is 205 g/mol. The maximum Gasteiger partial charge on any atom is 0.337 e. The summed E-state index contributed by atoms with van der Waals surface area (Å²) in [5.74, 6) is -0.949. The minimum Gasteiger partial charge on any atom is -0.478 e. The van der Waals surface area contributed by atoms with Gasteiger partial charge in [-0.1, -0.05) is 0 Å². The Kier molecular flexibility index (Phi) is 2.28. The quantitative estimate of drug-likeness (QED) is 0.819. The van der Waals surface area contributed by atoms with Crippen molar-refractivity contribution in [2.24, 2.45) is 0 Å². The number of hydrogen-bond acceptors (Lipinski definition) is 3. The maximum atomic E-state index is 10.7. The Morgan fingerprint density at radius 3 is 2.86 bits per heavy atom. The molecule has 0 aliphatic heterocycles. The molecular formula is C10H7NO2S. The predicted octanol–water partition coefficient (Wildman–Crippen LogP) is 2.51. The number of hydrogen-bond donors (Lipinski definition) is 1. The van der Waals surface area contributed by atoms with Crippen molar-refractivity contribution in [1.82, 2.24) is 4.98 Å². The molecule has 0 fully saturated rings. The van der Waals surface area contributed by atoms with Gasteiger partial charge in [0.15, 0.2) is 0 Å². The number of carboxylic acid groups (broad SMARTS) is 1. The van der Waals surface area contributed by atoms with Crippen LogP contribution in [0.1, 0.15) is 10.4 Å². The maximum absolute atomic E-state index is 10.7. The molecule has 3 nitrogen and oxygen atoms in total. The van der Waals surface area contributed by atoms with E-state index in [1.54, 1.807) is 23.6 Å². The number of carbonyl (C=O) groups is 1. The topological polar surface area (TPSA) is 50.2 Å². The van der Waals surface area contributed by atoms with E-state index in [0.717, 1.165) is 11.1 Å². The van der Waals surface area contributed by atoms with Crippen LogP contribution in [0.15, 0.2) is 35.3 Å². The van der Waals surface area contributed by atoms with Crippen LogP contribution in [0.4, 0.5) is 0 Å². The minimum absolute atomic E-state index is 0.216. The molecule has 2 heterocycles. The van der Waals surface area contributed by atoms with E-state index in [2.05, 4.69) is 4.98 Å². The Hall–Kier alpha value is -1.68. The Bertz CT molecular complexity index is 451. The highest BCUT2D eigenvalue weighted by Gasteiger charge is 2.05. The van der Waals surface area contributed by atoms with Crippen molar-refractivity contribution in [3.8, 4) is 11.1 Å². The molecule has 2 rings (SSSR count). The molecule has 14 heavy (non-hydrogen) atoms. The van der Waals surface area contributed by atoms with Gasteiger partial charge in [-0.2, -0.15) is 11.3 Å². The molecule has 0 bridgehead atoms. The Balaban J connectivity index is 2.46. The van der Waals surface area contributed by atoms with Crippen molar-refractivity contribution in [3.05, 3.63) is 40.8 Å². The summed E-state index contributed by atoms with van der Waals surface area (Å²) in [7, 11) is 0. The van der Waals surface area contributed by atoms with Gasteiger partial charge in [-0.3, -0.25) is 4.98 Å². The molecule has 0 unspecified atom stereocenters. The van der Waals surface area contributed by atoms with Crippen molar-refractivity contribution in [1.29, 1.82) is 0 Å². The lowest BCUT2D eigenvalue weighted by Gasteiger charge is -1.98. The number of nitrogens with zero attached hydrogens (tertiary/aromatic N) is 1. The van der Waals surface area contributed by atoms with Gasteiger partial charge in [-0.25, -0.2) is 4.79 Å². The third-order valence-corrected chi connectivity index (χ3v) is 2.52. The molecule has 0 atom stereocenters. The van der Waals surface area contributed by atoms with E-state index in [1.807, 2.05) is 16.8 Å². The molecule has 1 N–H and O–H groups in total. The summed E-state index contributed by atoms with van der Waals surface area (Å²) in [6.07, 6.45) is 3.01. The number of aromatic carboxylic acids is 1. The lowest BCUT2D eigenvalue weighted by molar-refractivity contribution is 0.0696. The van der Waals surface area contributed by atoms with E-state index < -0.39 is 5.97 Å². The first kappa shape index (κ1) is 8.90. The number of carboxylic acids is 1. The lowest BCUT2D eigenvalue weighted by atomic mass is 10.1. The smallest absolute Gasteiger partial charge is 0.337 e. The molecule has 0 saturated heterocycles. The molecule has 2 aromatic heterocycles. The second kappa shape index (κ2) is 3.59. The van der Waals surface area contributed by atoms with Gasteiger partial charge in [0.05, 0.1) is 5.56 Å². The van der Waals surface area contributed by atoms with Crippen molar-refractivity contribution in [2.45, 2.75) is 0 Å². The monoisotopic (exact) mass is 205 g/mol. The van der Waals surface area contributed by atoms with Gasteiger partial charge in [-0.05, 0) is 28.5 Å². The Morgan fingerprint density at radius 2 is 2.21 bits per heavy atom. The van der Waals surface area contributed by atoms with Crippen LogP contribution in [0.3, 0.4) is 0 Å². The summed E-state index contributed by atoms with van der Waals surface area (Å²) in [5, 5.41) is 12.7. The summed E-state index contributed by atoms with van der Waals surface area (Å²) < 4.78 is 0. The van der Waals surface area contributed by atoms with E-state index in [0.29, 0.717) is 0 Å². The predicted molar refractivity (Wildman–Crippen MR) is 54.5 cm³/mol. The number of aromatic nitrogens is 1. The molecule has 0 aliphatic carbocycles. The highest BCUT2D eigenvalue weighted by molar-refractivity contribution is 7.08. The first-order valence-electron chi connectivity index (χ1n) is 3.98. The third-order valence-electron chi connectivity index (χ3n) is 1.84. The van der Waals surface area contributed by atoms with E-state index in [1.165, 1.54) is 6.20 Å². The van der Waals surface area contributed by atoms with E-state index in [-0.39, 0.29) is 5.56 Å². The fraction of sp³-hybridized carbons (Fsp3) is 0. The first-order valence-corrected chi connectivity index (χ1v) is 4.92. The van der Waals surface area contributed by atoms with Gasteiger partial charge >= 0.3 is 5.97 Å². The van der Waals surface area contributed by atoms with Gasteiger partial charge in [0.25, 0.3) is 0 Å². The van der Waals surface area contributed by atoms with Crippen LogP contribution in [0, 0.1) is 0 Å². The Morgan fingerprint density at radius 1 is 1.36 bits per heavy atom. The molecule has 0 amide bonds. The standard InChI is InChI=1S/C10H7NO2S/c12-10(13)9-3-8(4-11-5-9)7-1-2-14-6-7/h1-6H,(H,12,13). The summed E-state index contributed by atoms with van der Waals surface area (Å²) >= 11 is 1.57. The molecular weight excluding hydrogens is 198 g/mol. The summed E-state index contributed by atoms with van der Waals surface area (Å²) in [6, 6.07) is 3.56. The average Bonchev–Trinajstić information content (AvgIpc) is 2.71. The van der Waals surface area contributed by atoms with Crippen LogP contribution < -0.4 is 0 Å². The number of pyridine rings is 1. The van der Waals surface area contributed by atoms with Crippen LogP contribution in [0.25, 0.3) is 11.1 Å². The highest BCUT2D eigenvalue weighted by Crippen LogP contribution is 2.21. The zero-order valence-corrected chi connectivity index (χ0v) is 7.99. The second-order valence-corrected chi connectivity index (χ2v) is 3.56. The fourth-order valence-electron chi connectivity index (χ4n) is 1.14. The molecule has 2 aromatic rings. The van der Waals surface area contributed by atoms with E-state index in [4.69, 9.17) is 5.11 Å². The van der Waals surface area contributed by atoms with Gasteiger partial charge in [0.2, 0.25) is 0 Å². The molecule has 70 valence electrons. The van der Waals surface area contributed by atoms with Crippen LogP contribution in [0.2, 0.25) is 0 Å². The molecule has 0 spiro atoms. The fourth-order valence-corrected chi connectivity index (χ4v) is 1.81. The van der Waals surface area contributed by atoms with Crippen molar-refractivity contribution < 1.29 is 9.90 Å². The van der Waals surface area contributed by atoms with E-state index >= 15 is 0 Å². The zero-order valence-electron chi connectivity index (χ0n) is 7.18. The minimum atomic E-state index is -0.949. The van der Waals surface area contributed by atoms with Crippen LogP contribution in [-0.2, 0) is 0 Å². The molecule has 0 aliphatic rings. The molecule has 0 saturated carbocycles. The highest BCUT2D eigenvalue weighted by atomic mass is 32.1. The van der Waals surface area contributed by atoms with Gasteiger partial charge < -0.3 is 5.11 Å². The summed E-state index contributed by atoms with van der Waals surface area (Å²) in [4.78, 5) is 14.6. The third kappa shape index (κ3) is 1.65. The second-order valence-electron chi connectivity index (χ2n) is 2.78. The van der Waals surface area contributed by atoms with Crippen LogP contribution >= 0.6 is 11.3 Å². The van der Waals surface area contributed by atoms with E-state index in [9.17, 15) is 4.79 Å². The van der Waals surface area contributed by atoms with Gasteiger partial charge in [0.1, 0.15) is 0 Å². The van der Waals surface area contributed by atoms with Crippen molar-refractivity contribution >= 4 is 17.3 Å². The SMILES string of the molecule is O=C(O)c1cncc(-c2ccsc2)c1. The summed E-state index contributed by atoms with van der Waals surface area (Å²) in [6.45, 7) is 0. The zero-order chi connectivity index (χ0) is 9.97. The van der Waals surface area contributed by atoms with Crippen molar-refractivity contribution in [3.63, 3.8) is 0 Å². The molecule has 4 heteroatoms. The van der Waals surface area contributed by atoms with Gasteiger partial charge in [-0.15, -0.1) is 0 Å². The molecule has 0 aromatic carbocycles. The van der Waals surface area contributed by atoms with Crippen molar-refractivity contribution in [2.75, 3.05) is 0 Å². The molecule has 0 radical (unpaired) electrons. The lowest BCUT2D eigenvalue weighted by Crippen LogP contribution is -1.96. The normalized spacial score (nSPS) is 10.0. The Labute approximate surface area is 84.7 Å². The number of rotatable bonds is 2. The largest absolute Gasteiger partial charge is 0.478 e. The number of thiophene rings is 1. The van der Waals surface area contributed by atoms with Gasteiger partial charge in [0, 0.05) is 18.0 Å². The van der Waals surface area contributed by atoms with Crippen LogP contribution in [0.5, 0.6) is 0 Å². The summed E-state index contributed by atoms with van der Waals surface area (Å²) in [5.41, 5.74) is 2.06. The van der Waals surface area contributed by atoms with Crippen LogP contribution in [-0.4, -0.2) is 16.1 Å². The first-order chi connectivity index (χ1) is 6.77.